The van der Waals surface area contributed by atoms with Crippen molar-refractivity contribution >= 4 is 5.97 Å². The van der Waals surface area contributed by atoms with Gasteiger partial charge >= 0.3 is 5.97 Å². The summed E-state index contributed by atoms with van der Waals surface area (Å²) in [5.41, 5.74) is 2.69. The molecule has 1 heterocycles. The molecule has 1 aromatic carbocycles. The fraction of sp³-hybridized carbons (Fsp3) is 0.0909. The van der Waals surface area contributed by atoms with Gasteiger partial charge in [0.15, 0.2) is 5.69 Å². The summed E-state index contributed by atoms with van der Waals surface area (Å²) in [6, 6.07) is 7.65. The van der Waals surface area contributed by atoms with E-state index in [4.69, 9.17) is 5.11 Å². The molecule has 0 atom stereocenters. The van der Waals surface area contributed by atoms with E-state index in [-0.39, 0.29) is 5.69 Å². The Morgan fingerprint density at radius 2 is 2.27 bits per heavy atom. The van der Waals surface area contributed by atoms with Crippen LogP contribution in [0.4, 0.5) is 0 Å². The number of H-pyrrole nitrogens is 1. The molecule has 2 rings (SSSR count). The maximum atomic E-state index is 10.9. The minimum absolute atomic E-state index is 0.126. The second-order valence-electron chi connectivity index (χ2n) is 3.33. The Bertz CT molecular complexity index is 503. The number of nitrogens with one attached hydrogen (secondary N) is 1. The van der Waals surface area contributed by atoms with Gasteiger partial charge in [0.1, 0.15) is 0 Å². The second-order valence-corrected chi connectivity index (χ2v) is 3.33. The zero-order valence-electron chi connectivity index (χ0n) is 8.19. The van der Waals surface area contributed by atoms with Crippen LogP contribution in [0.25, 0.3) is 11.1 Å². The van der Waals surface area contributed by atoms with Gasteiger partial charge in [-0.2, -0.15) is 5.10 Å². The smallest absolute Gasteiger partial charge is 0.354 e. The number of hydrogen-bond donors (Lipinski definition) is 2. The first-order chi connectivity index (χ1) is 7.18. The highest BCUT2D eigenvalue weighted by Gasteiger charge is 2.13. The highest BCUT2D eigenvalue weighted by atomic mass is 16.4. The van der Waals surface area contributed by atoms with Crippen LogP contribution in [0.5, 0.6) is 0 Å². The summed E-state index contributed by atoms with van der Waals surface area (Å²) in [5.74, 6) is -0.996. The molecule has 0 unspecified atom stereocenters. The van der Waals surface area contributed by atoms with Crippen molar-refractivity contribution in [1.29, 1.82) is 0 Å². The molecule has 0 spiro atoms. The summed E-state index contributed by atoms with van der Waals surface area (Å²) >= 11 is 0. The Morgan fingerprint density at radius 1 is 1.47 bits per heavy atom. The first-order valence-corrected chi connectivity index (χ1v) is 4.52. The lowest BCUT2D eigenvalue weighted by molar-refractivity contribution is 0.0691. The van der Waals surface area contributed by atoms with Gasteiger partial charge in [0, 0.05) is 5.56 Å². The van der Waals surface area contributed by atoms with Crippen LogP contribution in [-0.4, -0.2) is 21.3 Å². The minimum Gasteiger partial charge on any atom is -0.477 e. The summed E-state index contributed by atoms with van der Waals surface area (Å²) in [6.07, 6.45) is 1.53. The topological polar surface area (TPSA) is 66.0 Å². The molecule has 0 saturated heterocycles. The monoisotopic (exact) mass is 202 g/mol. The fourth-order valence-electron chi connectivity index (χ4n) is 1.48. The van der Waals surface area contributed by atoms with Crippen LogP contribution in [0.2, 0.25) is 0 Å². The third-order valence-corrected chi connectivity index (χ3v) is 2.18. The van der Waals surface area contributed by atoms with Gasteiger partial charge in [0.25, 0.3) is 0 Å². The van der Waals surface area contributed by atoms with Gasteiger partial charge in [0.2, 0.25) is 0 Å². The van der Waals surface area contributed by atoms with Crippen LogP contribution in [0.1, 0.15) is 16.1 Å². The summed E-state index contributed by atoms with van der Waals surface area (Å²) < 4.78 is 0. The van der Waals surface area contributed by atoms with Crippen molar-refractivity contribution < 1.29 is 9.90 Å². The van der Waals surface area contributed by atoms with E-state index >= 15 is 0 Å². The van der Waals surface area contributed by atoms with Crippen LogP contribution in [0.15, 0.2) is 30.5 Å². The predicted molar refractivity (Wildman–Crippen MR) is 55.7 cm³/mol. The number of aromatic amines is 1. The summed E-state index contributed by atoms with van der Waals surface area (Å²) in [4.78, 5) is 10.9. The summed E-state index contributed by atoms with van der Waals surface area (Å²) in [6.45, 7) is 1.96. The van der Waals surface area contributed by atoms with E-state index < -0.39 is 5.97 Å². The fourth-order valence-corrected chi connectivity index (χ4v) is 1.48. The van der Waals surface area contributed by atoms with Crippen LogP contribution >= 0.6 is 0 Å². The quantitative estimate of drug-likeness (QED) is 0.783. The first kappa shape index (κ1) is 9.45. The van der Waals surface area contributed by atoms with Crippen molar-refractivity contribution in [1.82, 2.24) is 10.2 Å². The van der Waals surface area contributed by atoms with Crippen molar-refractivity contribution in [3.05, 3.63) is 41.7 Å². The molecule has 15 heavy (non-hydrogen) atoms. The number of benzene rings is 1. The van der Waals surface area contributed by atoms with Crippen LogP contribution < -0.4 is 0 Å². The number of carbonyl (C=O) groups is 1. The van der Waals surface area contributed by atoms with Crippen LogP contribution in [0, 0.1) is 6.92 Å². The van der Waals surface area contributed by atoms with Gasteiger partial charge in [-0.15, -0.1) is 0 Å². The van der Waals surface area contributed by atoms with Gasteiger partial charge in [-0.1, -0.05) is 29.8 Å². The summed E-state index contributed by atoms with van der Waals surface area (Å²) in [7, 11) is 0. The molecule has 2 aromatic rings. The van der Waals surface area contributed by atoms with E-state index in [1.165, 1.54) is 6.20 Å². The molecule has 2 N–H and O–H groups in total. The molecule has 4 nitrogen and oxygen atoms in total. The molecule has 0 aliphatic carbocycles. The molecule has 0 fully saturated rings. The van der Waals surface area contributed by atoms with Crippen molar-refractivity contribution in [2.75, 3.05) is 0 Å². The van der Waals surface area contributed by atoms with Gasteiger partial charge in [-0.3, -0.25) is 5.10 Å². The lowest BCUT2D eigenvalue weighted by Gasteiger charge is -2.00. The van der Waals surface area contributed by atoms with Crippen LogP contribution in [0.3, 0.4) is 0 Å². The highest BCUT2D eigenvalue weighted by molar-refractivity contribution is 5.93. The first-order valence-electron chi connectivity index (χ1n) is 4.52. The number of aromatic nitrogens is 2. The summed E-state index contributed by atoms with van der Waals surface area (Å²) in [5, 5.41) is 15.1. The number of rotatable bonds is 2. The van der Waals surface area contributed by atoms with Crippen LogP contribution in [-0.2, 0) is 0 Å². The third-order valence-electron chi connectivity index (χ3n) is 2.18. The Kier molecular flexibility index (Phi) is 2.25. The number of carboxylic acids is 1. The van der Waals surface area contributed by atoms with Gasteiger partial charge in [-0.25, -0.2) is 4.79 Å². The molecule has 0 aliphatic rings. The number of carboxylic acid groups (broad SMARTS) is 1. The second kappa shape index (κ2) is 3.57. The number of hydrogen-bond acceptors (Lipinski definition) is 2. The van der Waals surface area contributed by atoms with Crippen molar-refractivity contribution in [2.45, 2.75) is 6.92 Å². The van der Waals surface area contributed by atoms with Gasteiger partial charge < -0.3 is 5.11 Å². The normalized spacial score (nSPS) is 10.2. The van der Waals surface area contributed by atoms with E-state index in [1.54, 1.807) is 0 Å². The lowest BCUT2D eigenvalue weighted by Crippen LogP contribution is -1.98. The Morgan fingerprint density at radius 3 is 2.93 bits per heavy atom. The molecule has 76 valence electrons. The molecule has 0 bridgehead atoms. The maximum Gasteiger partial charge on any atom is 0.354 e. The van der Waals surface area contributed by atoms with E-state index in [0.29, 0.717) is 5.56 Å². The Balaban J connectivity index is 2.54. The average Bonchev–Trinajstić information content (AvgIpc) is 2.65. The van der Waals surface area contributed by atoms with Crippen molar-refractivity contribution in [3.63, 3.8) is 0 Å². The predicted octanol–water partition coefficient (Wildman–Crippen LogP) is 2.08. The minimum atomic E-state index is -0.996. The number of aryl methyl sites for hydroxylation is 1. The zero-order valence-corrected chi connectivity index (χ0v) is 8.19. The maximum absolute atomic E-state index is 10.9. The Hall–Kier alpha value is -2.10. The molecule has 0 saturated carbocycles. The van der Waals surface area contributed by atoms with E-state index in [2.05, 4.69) is 10.2 Å². The molecule has 4 heteroatoms. The van der Waals surface area contributed by atoms with E-state index in [0.717, 1.165) is 11.1 Å². The molecule has 0 radical (unpaired) electrons. The lowest BCUT2D eigenvalue weighted by atomic mass is 10.0. The third kappa shape index (κ3) is 1.74. The van der Waals surface area contributed by atoms with E-state index in [9.17, 15) is 4.79 Å². The average molecular weight is 202 g/mol. The van der Waals surface area contributed by atoms with E-state index in [1.807, 2.05) is 31.2 Å². The SMILES string of the molecule is Cc1cccc(-c2cn[nH]c2C(=O)O)c1. The molecular weight excluding hydrogens is 192 g/mol. The molecular formula is C11H10N2O2. The van der Waals surface area contributed by atoms with Gasteiger partial charge in [0.05, 0.1) is 6.20 Å². The molecule has 0 amide bonds. The largest absolute Gasteiger partial charge is 0.477 e. The molecule has 1 aromatic heterocycles. The van der Waals surface area contributed by atoms with Crippen molar-refractivity contribution in [2.24, 2.45) is 0 Å². The molecule has 0 aliphatic heterocycles. The van der Waals surface area contributed by atoms with Crippen molar-refractivity contribution in [3.8, 4) is 11.1 Å². The number of nitrogens with zero attached hydrogens (tertiary/aromatic N) is 1. The van der Waals surface area contributed by atoms with Gasteiger partial charge in [-0.05, 0) is 12.5 Å². The Labute approximate surface area is 86.6 Å². The standard InChI is InChI=1S/C11H10N2O2/c1-7-3-2-4-8(5-7)9-6-12-13-10(9)11(14)15/h2-6H,1H3,(H,12,13)(H,14,15). The zero-order chi connectivity index (χ0) is 10.8. The highest BCUT2D eigenvalue weighted by Crippen LogP contribution is 2.22. The number of aromatic carboxylic acids is 1.